The maximum absolute atomic E-state index is 12.9. The number of nitrogens with zero attached hydrogens (tertiary/aromatic N) is 5. The number of piperidine rings is 1. The highest BCUT2D eigenvalue weighted by Gasteiger charge is 2.28. The first-order chi connectivity index (χ1) is 13.5. The molecule has 1 aliphatic heterocycles. The van der Waals surface area contributed by atoms with E-state index in [1.165, 1.54) is 11.3 Å². The molecule has 146 valence electrons. The number of carbonyl (C=O) groups excluding carboxylic acids is 1. The number of carbonyl (C=O) groups is 1. The average molecular weight is 396 g/mol. The van der Waals surface area contributed by atoms with Gasteiger partial charge in [-0.3, -0.25) is 9.36 Å². The minimum Gasteiger partial charge on any atom is -0.337 e. The number of aromatic nitrogens is 4. The van der Waals surface area contributed by atoms with Crippen LogP contribution in [0.5, 0.6) is 0 Å². The number of aryl methyl sites for hydroxylation is 1. The topological polar surface area (TPSA) is 63.9 Å². The van der Waals surface area contributed by atoms with E-state index in [-0.39, 0.29) is 11.8 Å². The zero-order valence-electron chi connectivity index (χ0n) is 16.5. The highest BCUT2D eigenvalue weighted by Crippen LogP contribution is 2.28. The van der Waals surface area contributed by atoms with Crippen molar-refractivity contribution >= 4 is 17.2 Å². The largest absolute Gasteiger partial charge is 0.337 e. The standard InChI is InChI=1S/C21H25N5OS/c1-14(2)20-22-9-11-26(20)18-8-4-7-17(24-18)16-6-5-10-25(12-16)21(27)19-15(3)23-13-28-19/h4,7-9,11,13-14,16H,5-6,10,12H2,1-3H3/t16-/m1/s1. The van der Waals surface area contributed by atoms with E-state index in [1.807, 2.05) is 30.3 Å². The minimum absolute atomic E-state index is 0.0950. The van der Waals surface area contributed by atoms with Crippen molar-refractivity contribution in [3.63, 3.8) is 0 Å². The first-order valence-corrected chi connectivity index (χ1v) is 10.6. The molecule has 3 aromatic heterocycles. The molecule has 0 N–H and O–H groups in total. The number of likely N-dealkylation sites (tertiary alicyclic amines) is 1. The fraction of sp³-hybridized carbons (Fsp3) is 0.429. The second kappa shape index (κ2) is 7.83. The van der Waals surface area contributed by atoms with Crippen LogP contribution in [0.4, 0.5) is 0 Å². The predicted octanol–water partition coefficient (Wildman–Crippen LogP) is 4.18. The summed E-state index contributed by atoms with van der Waals surface area (Å²) in [4.78, 5) is 29.2. The summed E-state index contributed by atoms with van der Waals surface area (Å²) in [7, 11) is 0. The molecule has 0 unspecified atom stereocenters. The molecule has 0 bridgehead atoms. The fourth-order valence-corrected chi connectivity index (χ4v) is 4.56. The summed E-state index contributed by atoms with van der Waals surface area (Å²) in [5.74, 6) is 2.56. The van der Waals surface area contributed by atoms with E-state index in [2.05, 4.69) is 40.5 Å². The first kappa shape index (κ1) is 18.8. The van der Waals surface area contributed by atoms with Gasteiger partial charge in [0.15, 0.2) is 0 Å². The number of pyridine rings is 1. The van der Waals surface area contributed by atoms with Gasteiger partial charge in [-0.2, -0.15) is 0 Å². The number of imidazole rings is 1. The Labute approximate surface area is 169 Å². The van der Waals surface area contributed by atoms with Gasteiger partial charge in [0.2, 0.25) is 0 Å². The van der Waals surface area contributed by atoms with Gasteiger partial charge in [-0.25, -0.2) is 15.0 Å². The van der Waals surface area contributed by atoms with Crippen molar-refractivity contribution in [1.82, 2.24) is 24.4 Å². The molecule has 28 heavy (non-hydrogen) atoms. The van der Waals surface area contributed by atoms with Crippen LogP contribution in [0.1, 0.15) is 65.4 Å². The van der Waals surface area contributed by atoms with Gasteiger partial charge in [-0.05, 0) is 31.9 Å². The van der Waals surface area contributed by atoms with Crippen molar-refractivity contribution in [1.29, 1.82) is 0 Å². The summed E-state index contributed by atoms with van der Waals surface area (Å²) in [5.41, 5.74) is 3.60. The quantitative estimate of drug-likeness (QED) is 0.665. The van der Waals surface area contributed by atoms with E-state index in [1.54, 1.807) is 5.51 Å². The van der Waals surface area contributed by atoms with Crippen LogP contribution in [0.25, 0.3) is 5.82 Å². The van der Waals surface area contributed by atoms with E-state index in [0.29, 0.717) is 12.5 Å². The second-order valence-corrected chi connectivity index (χ2v) is 8.44. The summed E-state index contributed by atoms with van der Waals surface area (Å²) in [6.45, 7) is 7.66. The van der Waals surface area contributed by atoms with Crippen molar-refractivity contribution in [3.8, 4) is 5.82 Å². The Balaban J connectivity index is 1.57. The Bertz CT molecular complexity index is 977. The van der Waals surface area contributed by atoms with Crippen LogP contribution in [0.2, 0.25) is 0 Å². The van der Waals surface area contributed by atoms with Gasteiger partial charge in [0.05, 0.1) is 11.2 Å². The number of rotatable bonds is 4. The van der Waals surface area contributed by atoms with Gasteiger partial charge in [-0.15, -0.1) is 11.3 Å². The van der Waals surface area contributed by atoms with Crippen LogP contribution in [0.3, 0.4) is 0 Å². The van der Waals surface area contributed by atoms with Crippen LogP contribution in [-0.4, -0.2) is 43.4 Å². The maximum Gasteiger partial charge on any atom is 0.265 e. The zero-order chi connectivity index (χ0) is 19.7. The number of hydrogen-bond donors (Lipinski definition) is 0. The Morgan fingerprint density at radius 3 is 2.89 bits per heavy atom. The van der Waals surface area contributed by atoms with Crippen molar-refractivity contribution < 1.29 is 4.79 Å². The molecule has 6 nitrogen and oxygen atoms in total. The lowest BCUT2D eigenvalue weighted by Gasteiger charge is -2.32. The molecule has 1 amide bonds. The number of thiazole rings is 1. The van der Waals surface area contributed by atoms with Crippen LogP contribution < -0.4 is 0 Å². The monoisotopic (exact) mass is 395 g/mol. The molecule has 1 saturated heterocycles. The van der Waals surface area contributed by atoms with Crippen molar-refractivity contribution in [2.24, 2.45) is 0 Å². The van der Waals surface area contributed by atoms with Crippen LogP contribution in [-0.2, 0) is 0 Å². The first-order valence-electron chi connectivity index (χ1n) is 9.74. The summed E-state index contributed by atoms with van der Waals surface area (Å²) < 4.78 is 2.06. The molecule has 0 radical (unpaired) electrons. The Morgan fingerprint density at radius 1 is 1.29 bits per heavy atom. The Hall–Kier alpha value is -2.54. The number of hydrogen-bond acceptors (Lipinski definition) is 5. The summed E-state index contributed by atoms with van der Waals surface area (Å²) in [5, 5.41) is 0. The van der Waals surface area contributed by atoms with Crippen molar-refractivity contribution in [3.05, 3.63) is 58.2 Å². The highest BCUT2D eigenvalue weighted by molar-refractivity contribution is 7.11. The van der Waals surface area contributed by atoms with Crippen LogP contribution in [0.15, 0.2) is 36.1 Å². The maximum atomic E-state index is 12.9. The molecule has 1 aliphatic rings. The van der Waals surface area contributed by atoms with Gasteiger partial charge < -0.3 is 4.90 Å². The Kier molecular flexibility index (Phi) is 5.26. The van der Waals surface area contributed by atoms with E-state index in [4.69, 9.17) is 4.98 Å². The average Bonchev–Trinajstić information content (AvgIpc) is 3.37. The molecule has 1 atom stereocenters. The van der Waals surface area contributed by atoms with Crippen molar-refractivity contribution in [2.75, 3.05) is 13.1 Å². The molecule has 4 rings (SSSR count). The second-order valence-electron chi connectivity index (χ2n) is 7.59. The molecule has 0 aliphatic carbocycles. The number of amides is 1. The van der Waals surface area contributed by atoms with Crippen LogP contribution >= 0.6 is 11.3 Å². The van der Waals surface area contributed by atoms with Crippen LogP contribution in [0, 0.1) is 6.92 Å². The SMILES string of the molecule is Cc1ncsc1C(=O)N1CCC[C@@H](c2cccc(-n3ccnc3C(C)C)n2)C1. The molecule has 1 fully saturated rings. The van der Waals surface area contributed by atoms with E-state index < -0.39 is 0 Å². The molecular formula is C21H25N5OS. The lowest BCUT2D eigenvalue weighted by atomic mass is 9.94. The summed E-state index contributed by atoms with van der Waals surface area (Å²) in [6, 6.07) is 6.14. The third-order valence-corrected chi connectivity index (χ3v) is 6.17. The molecule has 3 aromatic rings. The van der Waals surface area contributed by atoms with Gasteiger partial charge in [0.25, 0.3) is 5.91 Å². The molecule has 4 heterocycles. The van der Waals surface area contributed by atoms with Gasteiger partial charge in [0, 0.05) is 43.0 Å². The summed E-state index contributed by atoms with van der Waals surface area (Å²) >= 11 is 1.43. The predicted molar refractivity (Wildman–Crippen MR) is 110 cm³/mol. The third-order valence-electron chi connectivity index (χ3n) is 5.26. The fourth-order valence-electron chi connectivity index (χ4n) is 3.79. The summed E-state index contributed by atoms with van der Waals surface area (Å²) in [6.07, 6.45) is 5.82. The van der Waals surface area contributed by atoms with Gasteiger partial charge in [-0.1, -0.05) is 19.9 Å². The molecular weight excluding hydrogens is 370 g/mol. The normalized spacial score (nSPS) is 17.3. The lowest BCUT2D eigenvalue weighted by Crippen LogP contribution is -2.39. The zero-order valence-corrected chi connectivity index (χ0v) is 17.3. The molecule has 0 aromatic carbocycles. The minimum atomic E-state index is 0.0950. The highest BCUT2D eigenvalue weighted by atomic mass is 32.1. The Morgan fingerprint density at radius 2 is 2.14 bits per heavy atom. The molecule has 0 spiro atoms. The smallest absolute Gasteiger partial charge is 0.265 e. The third kappa shape index (κ3) is 3.58. The van der Waals surface area contributed by atoms with E-state index in [9.17, 15) is 4.79 Å². The van der Waals surface area contributed by atoms with Gasteiger partial charge in [0.1, 0.15) is 16.5 Å². The molecule has 0 saturated carbocycles. The molecule has 7 heteroatoms. The van der Waals surface area contributed by atoms with E-state index in [0.717, 1.165) is 47.3 Å². The lowest BCUT2D eigenvalue weighted by molar-refractivity contribution is 0.0710. The van der Waals surface area contributed by atoms with Crippen molar-refractivity contribution in [2.45, 2.75) is 45.4 Å². The van der Waals surface area contributed by atoms with E-state index >= 15 is 0 Å². The van der Waals surface area contributed by atoms with Gasteiger partial charge >= 0.3 is 0 Å².